The van der Waals surface area contributed by atoms with Crippen LogP contribution in [0.15, 0.2) is 24.3 Å². The monoisotopic (exact) mass is 349 g/mol. The second-order valence-electron chi connectivity index (χ2n) is 6.55. The lowest BCUT2D eigenvalue weighted by Gasteiger charge is -2.36. The molecule has 2 rings (SSSR count). The molecule has 1 heterocycles. The molecule has 1 aromatic rings. The summed E-state index contributed by atoms with van der Waals surface area (Å²) in [5.74, 6) is -1.61. The lowest BCUT2D eigenvalue weighted by atomic mass is 10.1. The summed E-state index contributed by atoms with van der Waals surface area (Å²) < 4.78 is 13.3. The van der Waals surface area contributed by atoms with E-state index in [1.54, 1.807) is 11.0 Å². The smallest absolute Gasteiger partial charge is 0.287 e. The SMILES string of the molecule is CC(C)CC(=O)C(=O)NCC(=O)N1CCN(c2cccc(F)c2)CC1. The van der Waals surface area contributed by atoms with Gasteiger partial charge in [-0.3, -0.25) is 14.4 Å². The Bertz CT molecular complexity index is 640. The number of anilines is 1. The largest absolute Gasteiger partial charge is 0.368 e. The molecule has 1 aromatic carbocycles. The molecule has 1 aliphatic rings. The number of halogens is 1. The molecule has 1 saturated heterocycles. The van der Waals surface area contributed by atoms with Crippen LogP contribution in [0.1, 0.15) is 20.3 Å². The highest BCUT2D eigenvalue weighted by atomic mass is 19.1. The Morgan fingerprint density at radius 3 is 2.44 bits per heavy atom. The van der Waals surface area contributed by atoms with E-state index in [1.165, 1.54) is 12.1 Å². The van der Waals surface area contributed by atoms with E-state index in [0.29, 0.717) is 26.2 Å². The van der Waals surface area contributed by atoms with Crippen molar-refractivity contribution in [1.29, 1.82) is 0 Å². The number of hydrogen-bond donors (Lipinski definition) is 1. The topological polar surface area (TPSA) is 69.7 Å². The maximum atomic E-state index is 13.3. The van der Waals surface area contributed by atoms with Gasteiger partial charge in [0, 0.05) is 38.3 Å². The number of Topliss-reactive ketones (excluding diaryl/α,β-unsaturated/α-hetero) is 1. The Labute approximate surface area is 147 Å². The van der Waals surface area contributed by atoms with Crippen molar-refractivity contribution in [1.82, 2.24) is 10.2 Å². The molecule has 2 amide bonds. The van der Waals surface area contributed by atoms with Gasteiger partial charge in [0.1, 0.15) is 5.82 Å². The summed E-state index contributed by atoms with van der Waals surface area (Å²) >= 11 is 0. The molecule has 6 nitrogen and oxygen atoms in total. The quantitative estimate of drug-likeness (QED) is 0.784. The van der Waals surface area contributed by atoms with Gasteiger partial charge in [-0.25, -0.2) is 4.39 Å². The number of carbonyl (C=O) groups excluding carboxylic acids is 3. The molecule has 1 fully saturated rings. The van der Waals surface area contributed by atoms with Crippen molar-refractivity contribution in [2.24, 2.45) is 5.92 Å². The van der Waals surface area contributed by atoms with Crippen LogP contribution in [0.2, 0.25) is 0 Å². The molecular formula is C18H24FN3O3. The summed E-state index contributed by atoms with van der Waals surface area (Å²) in [5, 5.41) is 2.39. The first-order chi connectivity index (χ1) is 11.9. The number of ketones is 1. The third-order valence-corrected chi connectivity index (χ3v) is 4.05. The van der Waals surface area contributed by atoms with Crippen molar-refractivity contribution >= 4 is 23.3 Å². The van der Waals surface area contributed by atoms with Gasteiger partial charge in [-0.2, -0.15) is 0 Å². The highest BCUT2D eigenvalue weighted by Crippen LogP contribution is 2.17. The van der Waals surface area contributed by atoms with E-state index in [2.05, 4.69) is 5.32 Å². The Kier molecular flexibility index (Phi) is 6.50. The highest BCUT2D eigenvalue weighted by Gasteiger charge is 2.23. The van der Waals surface area contributed by atoms with Crippen LogP contribution in [0, 0.1) is 11.7 Å². The van der Waals surface area contributed by atoms with Crippen molar-refractivity contribution in [3.63, 3.8) is 0 Å². The molecule has 25 heavy (non-hydrogen) atoms. The second-order valence-corrected chi connectivity index (χ2v) is 6.55. The zero-order chi connectivity index (χ0) is 18.4. The van der Waals surface area contributed by atoms with Gasteiger partial charge < -0.3 is 15.1 Å². The zero-order valence-electron chi connectivity index (χ0n) is 14.6. The number of piperazine rings is 1. The number of nitrogens with zero attached hydrogens (tertiary/aromatic N) is 2. The normalized spacial score (nSPS) is 14.6. The van der Waals surface area contributed by atoms with Crippen LogP contribution in [0.25, 0.3) is 0 Å². The van der Waals surface area contributed by atoms with Crippen molar-refractivity contribution in [2.75, 3.05) is 37.6 Å². The summed E-state index contributed by atoms with van der Waals surface area (Å²) in [5.41, 5.74) is 0.791. The highest BCUT2D eigenvalue weighted by molar-refractivity contribution is 6.36. The maximum Gasteiger partial charge on any atom is 0.287 e. The summed E-state index contributed by atoms with van der Waals surface area (Å²) in [7, 11) is 0. The number of nitrogens with one attached hydrogen (secondary N) is 1. The van der Waals surface area contributed by atoms with Gasteiger partial charge in [-0.1, -0.05) is 19.9 Å². The van der Waals surface area contributed by atoms with Crippen LogP contribution in [-0.4, -0.2) is 55.2 Å². The van der Waals surface area contributed by atoms with Crippen molar-refractivity contribution < 1.29 is 18.8 Å². The molecule has 0 spiro atoms. The average molecular weight is 349 g/mol. The predicted octanol–water partition coefficient (Wildman–Crippen LogP) is 1.21. The minimum Gasteiger partial charge on any atom is -0.368 e. The molecular weight excluding hydrogens is 325 g/mol. The molecule has 1 aliphatic heterocycles. The zero-order valence-corrected chi connectivity index (χ0v) is 14.6. The van der Waals surface area contributed by atoms with E-state index in [9.17, 15) is 18.8 Å². The molecule has 0 aliphatic carbocycles. The molecule has 0 radical (unpaired) electrons. The summed E-state index contributed by atoms with van der Waals surface area (Å²) in [6.07, 6.45) is 0.173. The van der Waals surface area contributed by atoms with Crippen LogP contribution < -0.4 is 10.2 Å². The van der Waals surface area contributed by atoms with Gasteiger partial charge in [0.25, 0.3) is 5.91 Å². The summed E-state index contributed by atoms with van der Waals surface area (Å²) in [6, 6.07) is 6.36. The Balaban J connectivity index is 1.77. The summed E-state index contributed by atoms with van der Waals surface area (Å²) in [4.78, 5) is 39.1. The van der Waals surface area contributed by atoms with E-state index in [4.69, 9.17) is 0 Å². The fourth-order valence-electron chi connectivity index (χ4n) is 2.72. The van der Waals surface area contributed by atoms with Crippen LogP contribution in [0.4, 0.5) is 10.1 Å². The Morgan fingerprint density at radius 1 is 1.16 bits per heavy atom. The van der Waals surface area contributed by atoms with E-state index in [0.717, 1.165) is 5.69 Å². The fraction of sp³-hybridized carbons (Fsp3) is 0.500. The summed E-state index contributed by atoms with van der Waals surface area (Å²) in [6.45, 7) is 5.70. The van der Waals surface area contributed by atoms with Crippen LogP contribution >= 0.6 is 0 Å². The van der Waals surface area contributed by atoms with E-state index >= 15 is 0 Å². The molecule has 136 valence electrons. The van der Waals surface area contributed by atoms with Gasteiger partial charge >= 0.3 is 0 Å². The van der Waals surface area contributed by atoms with Gasteiger partial charge in [-0.05, 0) is 24.1 Å². The first-order valence-corrected chi connectivity index (χ1v) is 8.46. The van der Waals surface area contributed by atoms with E-state index in [1.807, 2.05) is 24.8 Å². The van der Waals surface area contributed by atoms with Crippen molar-refractivity contribution in [3.8, 4) is 0 Å². The molecule has 0 saturated carbocycles. The first kappa shape index (κ1) is 18.9. The van der Waals surface area contributed by atoms with Crippen LogP contribution in [-0.2, 0) is 14.4 Å². The van der Waals surface area contributed by atoms with Gasteiger partial charge in [0.15, 0.2) is 0 Å². The molecule has 0 atom stereocenters. The number of benzene rings is 1. The molecule has 1 N–H and O–H groups in total. The molecule has 0 bridgehead atoms. The minimum atomic E-state index is -0.708. The Hall–Kier alpha value is -2.44. The number of hydrogen-bond acceptors (Lipinski definition) is 4. The van der Waals surface area contributed by atoms with Gasteiger partial charge in [0.2, 0.25) is 11.7 Å². The Morgan fingerprint density at radius 2 is 1.84 bits per heavy atom. The lowest BCUT2D eigenvalue weighted by molar-refractivity contribution is -0.140. The average Bonchev–Trinajstić information content (AvgIpc) is 2.59. The standard InChI is InChI=1S/C18H24FN3O3/c1-13(2)10-16(23)18(25)20-12-17(24)22-8-6-21(7-9-22)15-5-3-4-14(19)11-15/h3-5,11,13H,6-10,12H2,1-2H3,(H,20,25). The predicted molar refractivity (Wildman–Crippen MR) is 92.7 cm³/mol. The molecule has 0 aromatic heterocycles. The van der Waals surface area contributed by atoms with Crippen LogP contribution in [0.3, 0.4) is 0 Å². The second kappa shape index (κ2) is 8.60. The van der Waals surface area contributed by atoms with E-state index in [-0.39, 0.29) is 30.6 Å². The lowest BCUT2D eigenvalue weighted by Crippen LogP contribution is -2.51. The fourth-order valence-corrected chi connectivity index (χ4v) is 2.72. The third kappa shape index (κ3) is 5.55. The minimum absolute atomic E-state index is 0.102. The van der Waals surface area contributed by atoms with Crippen molar-refractivity contribution in [3.05, 3.63) is 30.1 Å². The van der Waals surface area contributed by atoms with Crippen LogP contribution in [0.5, 0.6) is 0 Å². The van der Waals surface area contributed by atoms with E-state index < -0.39 is 11.7 Å². The number of rotatable bonds is 6. The number of amides is 2. The number of carbonyl (C=O) groups is 3. The molecule has 7 heteroatoms. The third-order valence-electron chi connectivity index (χ3n) is 4.05. The van der Waals surface area contributed by atoms with Gasteiger partial charge in [-0.15, -0.1) is 0 Å². The maximum absolute atomic E-state index is 13.3. The van der Waals surface area contributed by atoms with Crippen molar-refractivity contribution in [2.45, 2.75) is 20.3 Å². The first-order valence-electron chi connectivity index (χ1n) is 8.46. The van der Waals surface area contributed by atoms with Gasteiger partial charge in [0.05, 0.1) is 6.54 Å². The molecule has 0 unspecified atom stereocenters.